The molecule has 162 valence electrons. The fourth-order valence-electron chi connectivity index (χ4n) is 4.04. The Kier molecular flexibility index (Phi) is 6.55. The number of hydrogen-bond donors (Lipinski definition) is 1. The van der Waals surface area contributed by atoms with E-state index < -0.39 is 29.7 Å². The highest BCUT2D eigenvalue weighted by molar-refractivity contribution is 5.70. The molecule has 8 heteroatoms. The van der Waals surface area contributed by atoms with Crippen molar-refractivity contribution in [3.8, 4) is 11.5 Å². The van der Waals surface area contributed by atoms with Gasteiger partial charge in [-0.2, -0.15) is 13.2 Å². The van der Waals surface area contributed by atoms with Crippen LogP contribution in [0.4, 0.5) is 13.2 Å². The lowest BCUT2D eigenvalue weighted by molar-refractivity contribution is -0.144. The molecule has 1 fully saturated rings. The first-order chi connectivity index (χ1) is 14.3. The zero-order chi connectivity index (χ0) is 21.9. The number of carbonyl (C=O) groups is 1. The Labute approximate surface area is 173 Å². The molecule has 0 aliphatic carbocycles. The summed E-state index contributed by atoms with van der Waals surface area (Å²) < 4.78 is 52.2. The van der Waals surface area contributed by atoms with Crippen molar-refractivity contribution in [1.82, 2.24) is 4.90 Å². The molecular formula is C22H24F3NO4. The topological polar surface area (TPSA) is 59.0 Å². The van der Waals surface area contributed by atoms with E-state index in [1.165, 1.54) is 26.4 Å². The molecule has 0 bridgehead atoms. The van der Waals surface area contributed by atoms with Crippen LogP contribution in [0.2, 0.25) is 0 Å². The number of carboxylic acid groups (broad SMARTS) is 1. The molecule has 2 unspecified atom stereocenters. The second-order valence-corrected chi connectivity index (χ2v) is 7.27. The predicted octanol–water partition coefficient (Wildman–Crippen LogP) is 4.61. The van der Waals surface area contributed by atoms with E-state index in [1.807, 2.05) is 0 Å². The van der Waals surface area contributed by atoms with Crippen LogP contribution >= 0.6 is 0 Å². The Balaban J connectivity index is 2.18. The van der Waals surface area contributed by atoms with E-state index in [2.05, 4.69) is 0 Å². The van der Waals surface area contributed by atoms with Gasteiger partial charge in [0.2, 0.25) is 0 Å². The molecule has 30 heavy (non-hydrogen) atoms. The van der Waals surface area contributed by atoms with Crippen molar-refractivity contribution in [3.05, 3.63) is 59.2 Å². The van der Waals surface area contributed by atoms with E-state index in [-0.39, 0.29) is 12.1 Å². The molecule has 1 aliphatic heterocycles. The molecule has 1 N–H and O–H groups in total. The van der Waals surface area contributed by atoms with Crippen LogP contribution in [-0.2, 0) is 11.0 Å². The minimum atomic E-state index is -4.55. The molecule has 1 heterocycles. The number of nitrogens with zero attached hydrogens (tertiary/aromatic N) is 1. The Morgan fingerprint density at radius 2 is 1.87 bits per heavy atom. The van der Waals surface area contributed by atoms with E-state index in [4.69, 9.17) is 9.47 Å². The van der Waals surface area contributed by atoms with Crippen molar-refractivity contribution >= 4 is 5.97 Å². The van der Waals surface area contributed by atoms with Crippen molar-refractivity contribution in [2.45, 2.75) is 25.1 Å². The Hall–Kier alpha value is -2.74. The van der Waals surface area contributed by atoms with E-state index in [0.717, 1.165) is 6.07 Å². The van der Waals surface area contributed by atoms with Gasteiger partial charge < -0.3 is 14.6 Å². The largest absolute Gasteiger partial charge is 0.497 e. The standard InChI is InChI=1S/C22H24F3NO4/c1-29-15-9-10-17(19(12-15)30-2)20(26-11-5-6-14(13-26)21(27)28)16-7-3-4-8-18(16)22(23,24)25/h3-4,7-10,12,14,20H,5-6,11,13H2,1-2H3,(H,27,28). The third-order valence-corrected chi connectivity index (χ3v) is 5.46. The molecule has 0 saturated carbocycles. The van der Waals surface area contributed by atoms with Crippen LogP contribution in [0.15, 0.2) is 42.5 Å². The third kappa shape index (κ3) is 4.53. The molecule has 5 nitrogen and oxygen atoms in total. The Bertz CT molecular complexity index is 900. The summed E-state index contributed by atoms with van der Waals surface area (Å²) in [5, 5.41) is 9.48. The van der Waals surface area contributed by atoms with Gasteiger partial charge in [-0.25, -0.2) is 0 Å². The number of benzene rings is 2. The maximum atomic E-state index is 13.8. The highest BCUT2D eigenvalue weighted by Crippen LogP contribution is 2.43. The maximum absolute atomic E-state index is 13.8. The SMILES string of the molecule is COc1ccc(C(c2ccccc2C(F)(F)F)N2CCCC(C(=O)O)C2)c(OC)c1. The number of alkyl halides is 3. The smallest absolute Gasteiger partial charge is 0.416 e. The summed E-state index contributed by atoms with van der Waals surface area (Å²) in [5.41, 5.74) is -0.147. The summed E-state index contributed by atoms with van der Waals surface area (Å²) in [6.07, 6.45) is -3.46. The molecule has 0 spiro atoms. The maximum Gasteiger partial charge on any atom is 0.416 e. The van der Waals surface area contributed by atoms with Crippen LogP contribution in [-0.4, -0.2) is 43.3 Å². The first-order valence-corrected chi connectivity index (χ1v) is 9.61. The fourth-order valence-corrected chi connectivity index (χ4v) is 4.04. The van der Waals surface area contributed by atoms with Crippen molar-refractivity contribution in [2.24, 2.45) is 5.92 Å². The second kappa shape index (κ2) is 8.95. The van der Waals surface area contributed by atoms with E-state index in [9.17, 15) is 23.1 Å². The lowest BCUT2D eigenvalue weighted by Gasteiger charge is -2.39. The van der Waals surface area contributed by atoms with Gasteiger partial charge in [-0.3, -0.25) is 9.69 Å². The number of likely N-dealkylation sites (tertiary alicyclic amines) is 1. The van der Waals surface area contributed by atoms with E-state index in [0.29, 0.717) is 36.4 Å². The van der Waals surface area contributed by atoms with E-state index in [1.54, 1.807) is 29.2 Å². The molecular weight excluding hydrogens is 399 g/mol. The number of carboxylic acids is 1. The first-order valence-electron chi connectivity index (χ1n) is 9.61. The minimum Gasteiger partial charge on any atom is -0.497 e. The fraction of sp³-hybridized carbons (Fsp3) is 0.409. The first kappa shape index (κ1) is 22.0. The number of halogens is 3. The van der Waals surface area contributed by atoms with Crippen LogP contribution in [0.5, 0.6) is 11.5 Å². The van der Waals surface area contributed by atoms with Crippen molar-refractivity contribution < 1.29 is 32.5 Å². The van der Waals surface area contributed by atoms with E-state index >= 15 is 0 Å². The van der Waals surface area contributed by atoms with Gasteiger partial charge in [0, 0.05) is 18.2 Å². The summed E-state index contributed by atoms with van der Waals surface area (Å²) in [7, 11) is 2.94. The average molecular weight is 423 g/mol. The van der Waals surface area contributed by atoms with Gasteiger partial charge in [0.05, 0.1) is 31.7 Å². The van der Waals surface area contributed by atoms with Crippen LogP contribution < -0.4 is 9.47 Å². The lowest BCUT2D eigenvalue weighted by Crippen LogP contribution is -2.41. The molecule has 1 aliphatic rings. The van der Waals surface area contributed by atoms with Gasteiger partial charge in [-0.15, -0.1) is 0 Å². The number of methoxy groups -OCH3 is 2. The number of hydrogen-bond acceptors (Lipinski definition) is 4. The number of ether oxygens (including phenoxy) is 2. The number of rotatable bonds is 6. The highest BCUT2D eigenvalue weighted by Gasteiger charge is 2.39. The van der Waals surface area contributed by atoms with Gasteiger partial charge in [-0.1, -0.05) is 18.2 Å². The van der Waals surface area contributed by atoms with Crippen molar-refractivity contribution in [1.29, 1.82) is 0 Å². The van der Waals surface area contributed by atoms with Crippen molar-refractivity contribution in [2.75, 3.05) is 27.3 Å². The van der Waals surface area contributed by atoms with Gasteiger partial charge in [-0.05, 0) is 43.1 Å². The number of piperidine rings is 1. The summed E-state index contributed by atoms with van der Waals surface area (Å²) in [5.74, 6) is -0.679. The molecule has 3 rings (SSSR count). The van der Waals surface area contributed by atoms with Gasteiger partial charge in [0.25, 0.3) is 0 Å². The average Bonchev–Trinajstić information content (AvgIpc) is 2.74. The number of aliphatic carboxylic acids is 1. The third-order valence-electron chi connectivity index (χ3n) is 5.46. The molecule has 2 atom stereocenters. The van der Waals surface area contributed by atoms with Crippen LogP contribution in [0.1, 0.15) is 35.6 Å². The molecule has 1 saturated heterocycles. The van der Waals surface area contributed by atoms with Crippen molar-refractivity contribution in [3.63, 3.8) is 0 Å². The van der Waals surface area contributed by atoms with Gasteiger partial charge in [0.1, 0.15) is 11.5 Å². The zero-order valence-corrected chi connectivity index (χ0v) is 16.8. The molecule has 0 aromatic heterocycles. The van der Waals surface area contributed by atoms with Crippen LogP contribution in [0.25, 0.3) is 0 Å². The summed E-state index contributed by atoms with van der Waals surface area (Å²) in [4.78, 5) is 13.4. The highest BCUT2D eigenvalue weighted by atomic mass is 19.4. The molecule has 2 aromatic rings. The molecule has 2 aromatic carbocycles. The minimum absolute atomic E-state index is 0.0690. The Morgan fingerprint density at radius 3 is 2.50 bits per heavy atom. The summed E-state index contributed by atoms with van der Waals surface area (Å²) in [6.45, 7) is 0.636. The predicted molar refractivity (Wildman–Crippen MR) is 105 cm³/mol. The zero-order valence-electron chi connectivity index (χ0n) is 16.8. The van der Waals surface area contributed by atoms with Crippen LogP contribution in [0, 0.1) is 5.92 Å². The normalized spacial score (nSPS) is 18.6. The van der Waals surface area contributed by atoms with Gasteiger partial charge in [0.15, 0.2) is 0 Å². The molecule has 0 radical (unpaired) electrons. The quantitative estimate of drug-likeness (QED) is 0.736. The summed E-state index contributed by atoms with van der Waals surface area (Å²) in [6, 6.07) is 9.57. The van der Waals surface area contributed by atoms with Crippen LogP contribution in [0.3, 0.4) is 0 Å². The van der Waals surface area contributed by atoms with Gasteiger partial charge >= 0.3 is 12.1 Å². The second-order valence-electron chi connectivity index (χ2n) is 7.27. The lowest BCUT2D eigenvalue weighted by atomic mass is 9.88. The Morgan fingerprint density at radius 1 is 1.13 bits per heavy atom. The summed E-state index contributed by atoms with van der Waals surface area (Å²) >= 11 is 0. The monoisotopic (exact) mass is 423 g/mol. The molecule has 0 amide bonds.